The van der Waals surface area contributed by atoms with Crippen LogP contribution in [0.1, 0.15) is 66.7 Å². The SMILES string of the molecule is C=CCCCCOC(=O)[C@@H]1[C@H]2C(=O)N([C@@H](CO)[C@@H](C)CC)C(C(=O)N(CC=C)C(C)C)C23S[C@@H]1CC3C. The minimum absolute atomic E-state index is 0.000788. The van der Waals surface area contributed by atoms with Crippen molar-refractivity contribution < 1.29 is 24.2 Å². The van der Waals surface area contributed by atoms with E-state index in [1.54, 1.807) is 27.6 Å². The quantitative estimate of drug-likeness (QED) is 0.206. The second kappa shape index (κ2) is 12.4. The van der Waals surface area contributed by atoms with Gasteiger partial charge in [0, 0.05) is 17.8 Å². The Kier molecular flexibility index (Phi) is 9.95. The maximum Gasteiger partial charge on any atom is 0.310 e. The third-order valence-electron chi connectivity index (χ3n) is 8.81. The van der Waals surface area contributed by atoms with Gasteiger partial charge in [-0.05, 0) is 51.4 Å². The van der Waals surface area contributed by atoms with Crippen LogP contribution in [0.3, 0.4) is 0 Å². The van der Waals surface area contributed by atoms with Gasteiger partial charge in [0.2, 0.25) is 11.8 Å². The molecule has 0 radical (unpaired) electrons. The average Bonchev–Trinajstić information content (AvgIpc) is 3.46. The first kappa shape index (κ1) is 29.8. The number of amides is 2. The molecule has 3 heterocycles. The number of esters is 1. The fourth-order valence-corrected chi connectivity index (χ4v) is 9.08. The monoisotopic (exact) mass is 534 g/mol. The van der Waals surface area contributed by atoms with Gasteiger partial charge in [0.1, 0.15) is 6.04 Å². The van der Waals surface area contributed by atoms with Gasteiger partial charge in [-0.3, -0.25) is 14.4 Å². The van der Waals surface area contributed by atoms with Crippen LogP contribution < -0.4 is 0 Å². The Labute approximate surface area is 227 Å². The molecule has 2 amide bonds. The predicted molar refractivity (Wildman–Crippen MR) is 148 cm³/mol. The molecule has 3 aliphatic heterocycles. The summed E-state index contributed by atoms with van der Waals surface area (Å²) in [6.07, 6.45) is 7.60. The number of nitrogens with zero attached hydrogens (tertiary/aromatic N) is 2. The molecule has 3 unspecified atom stereocenters. The van der Waals surface area contributed by atoms with Crippen LogP contribution in [-0.4, -0.2) is 80.6 Å². The molecule has 1 N–H and O–H groups in total. The molecule has 0 aliphatic carbocycles. The van der Waals surface area contributed by atoms with E-state index in [9.17, 15) is 19.5 Å². The average molecular weight is 535 g/mol. The number of likely N-dealkylation sites (tertiary alicyclic amines) is 1. The van der Waals surface area contributed by atoms with E-state index in [1.165, 1.54) is 0 Å². The van der Waals surface area contributed by atoms with Crippen LogP contribution in [0.2, 0.25) is 0 Å². The number of ether oxygens (including phenoxy) is 1. The summed E-state index contributed by atoms with van der Waals surface area (Å²) < 4.78 is 4.99. The van der Waals surface area contributed by atoms with Gasteiger partial charge in [-0.25, -0.2) is 0 Å². The Morgan fingerprint density at radius 1 is 1.27 bits per heavy atom. The summed E-state index contributed by atoms with van der Waals surface area (Å²) in [5.41, 5.74) is 0. The van der Waals surface area contributed by atoms with Gasteiger partial charge in [0.05, 0.1) is 35.8 Å². The number of hydrogen-bond acceptors (Lipinski definition) is 6. The van der Waals surface area contributed by atoms with Crippen molar-refractivity contribution in [1.82, 2.24) is 9.80 Å². The Bertz CT molecular complexity index is 878. The Balaban J connectivity index is 2.04. The lowest BCUT2D eigenvalue weighted by atomic mass is 9.66. The lowest BCUT2D eigenvalue weighted by Gasteiger charge is -2.43. The van der Waals surface area contributed by atoms with Crippen molar-refractivity contribution in [3.05, 3.63) is 25.3 Å². The van der Waals surface area contributed by atoms with Crippen LogP contribution in [0.5, 0.6) is 0 Å². The molecule has 37 heavy (non-hydrogen) atoms. The number of carbonyl (C=O) groups excluding carboxylic acids is 3. The number of thioether (sulfide) groups is 1. The molecular formula is C29H46N2O5S. The fraction of sp³-hybridized carbons (Fsp3) is 0.759. The number of aliphatic hydroxyl groups excluding tert-OH is 1. The Morgan fingerprint density at radius 3 is 2.54 bits per heavy atom. The molecule has 0 aromatic heterocycles. The molecule has 3 aliphatic rings. The molecule has 8 atom stereocenters. The van der Waals surface area contributed by atoms with Crippen molar-refractivity contribution in [2.24, 2.45) is 23.7 Å². The summed E-state index contributed by atoms with van der Waals surface area (Å²) in [7, 11) is 0. The second-order valence-corrected chi connectivity index (χ2v) is 12.8. The molecule has 0 aromatic carbocycles. The summed E-state index contributed by atoms with van der Waals surface area (Å²) in [5, 5.41) is 10.4. The summed E-state index contributed by atoms with van der Waals surface area (Å²) in [4.78, 5) is 45.6. The van der Waals surface area contributed by atoms with E-state index in [0.717, 1.165) is 32.1 Å². The van der Waals surface area contributed by atoms with Gasteiger partial charge < -0.3 is 19.6 Å². The van der Waals surface area contributed by atoms with Crippen LogP contribution >= 0.6 is 11.8 Å². The molecule has 1 spiro atoms. The maximum absolute atomic E-state index is 14.3. The largest absolute Gasteiger partial charge is 0.465 e. The van der Waals surface area contributed by atoms with E-state index in [0.29, 0.717) is 13.2 Å². The standard InChI is InChI=1S/C29H46N2O5S/c1-8-11-12-13-15-36-28(35)23-22-16-20(7)29(37-22)24(23)26(33)31(21(17-32)19(6)10-3)25(29)27(34)30(14-9-2)18(4)5/h8-9,18-25,32H,1-2,10-17H2,3-7H3/t19-,20?,21-,22+,23-,24-,25?,29?/m0/s1. The highest BCUT2D eigenvalue weighted by molar-refractivity contribution is 8.02. The summed E-state index contributed by atoms with van der Waals surface area (Å²) in [6, 6.07) is -1.32. The van der Waals surface area contributed by atoms with E-state index in [1.807, 2.05) is 33.8 Å². The number of hydrogen-bond donors (Lipinski definition) is 1. The van der Waals surface area contributed by atoms with Crippen LogP contribution in [0.4, 0.5) is 0 Å². The number of aliphatic hydroxyl groups is 1. The molecular weight excluding hydrogens is 488 g/mol. The maximum atomic E-state index is 14.3. The zero-order chi connectivity index (χ0) is 27.5. The highest BCUT2D eigenvalue weighted by atomic mass is 32.2. The third kappa shape index (κ3) is 5.12. The Hall–Kier alpha value is -1.80. The van der Waals surface area contributed by atoms with Crippen LogP contribution in [0.25, 0.3) is 0 Å². The number of unbranched alkanes of at least 4 members (excludes halogenated alkanes) is 2. The zero-order valence-electron chi connectivity index (χ0n) is 23.2. The lowest BCUT2D eigenvalue weighted by molar-refractivity contribution is -0.155. The van der Waals surface area contributed by atoms with Gasteiger partial charge in [-0.2, -0.15) is 0 Å². The first-order valence-corrected chi connectivity index (χ1v) is 14.8. The van der Waals surface area contributed by atoms with Gasteiger partial charge >= 0.3 is 5.97 Å². The summed E-state index contributed by atoms with van der Waals surface area (Å²) >= 11 is 1.65. The highest BCUT2D eigenvalue weighted by Gasteiger charge is 2.77. The van der Waals surface area contributed by atoms with E-state index in [-0.39, 0.29) is 47.5 Å². The van der Waals surface area contributed by atoms with Gasteiger partial charge in [-0.15, -0.1) is 24.9 Å². The number of allylic oxidation sites excluding steroid dienone is 1. The Morgan fingerprint density at radius 2 is 1.97 bits per heavy atom. The van der Waals surface area contributed by atoms with Gasteiger partial charge in [-0.1, -0.05) is 39.3 Å². The number of carbonyl (C=O) groups is 3. The molecule has 3 saturated heterocycles. The van der Waals surface area contributed by atoms with Crippen LogP contribution in [-0.2, 0) is 19.1 Å². The minimum atomic E-state index is -0.742. The first-order valence-electron chi connectivity index (χ1n) is 13.9. The van der Waals surface area contributed by atoms with Crippen LogP contribution in [0, 0.1) is 23.7 Å². The predicted octanol–water partition coefficient (Wildman–Crippen LogP) is 4.05. The van der Waals surface area contributed by atoms with E-state index in [4.69, 9.17) is 4.74 Å². The number of fused-ring (bicyclic) bond motifs is 1. The summed E-state index contributed by atoms with van der Waals surface area (Å²) in [6.45, 7) is 18.1. The van der Waals surface area contributed by atoms with Crippen molar-refractivity contribution in [2.75, 3.05) is 19.8 Å². The second-order valence-electron chi connectivity index (χ2n) is 11.3. The third-order valence-corrected chi connectivity index (χ3v) is 10.9. The highest BCUT2D eigenvalue weighted by Crippen LogP contribution is 2.69. The molecule has 3 fully saturated rings. The van der Waals surface area contributed by atoms with Gasteiger partial charge in [0.15, 0.2) is 0 Å². The van der Waals surface area contributed by atoms with E-state index < -0.39 is 28.7 Å². The van der Waals surface area contributed by atoms with Crippen molar-refractivity contribution in [3.8, 4) is 0 Å². The number of rotatable bonds is 14. The van der Waals surface area contributed by atoms with E-state index >= 15 is 0 Å². The van der Waals surface area contributed by atoms with Gasteiger partial charge in [0.25, 0.3) is 0 Å². The van der Waals surface area contributed by atoms with Crippen molar-refractivity contribution in [2.45, 2.75) is 94.8 Å². The normalized spacial score (nSPS) is 31.8. The fourth-order valence-electron chi connectivity index (χ4n) is 6.69. The lowest BCUT2D eigenvalue weighted by Crippen LogP contribution is -2.61. The zero-order valence-corrected chi connectivity index (χ0v) is 24.0. The molecule has 3 rings (SSSR count). The first-order chi connectivity index (χ1) is 17.6. The van der Waals surface area contributed by atoms with Crippen LogP contribution in [0.15, 0.2) is 25.3 Å². The van der Waals surface area contributed by atoms with Crippen molar-refractivity contribution in [3.63, 3.8) is 0 Å². The topological polar surface area (TPSA) is 87.1 Å². The molecule has 0 saturated carbocycles. The summed E-state index contributed by atoms with van der Waals surface area (Å²) in [5.74, 6) is -1.76. The minimum Gasteiger partial charge on any atom is -0.465 e. The molecule has 8 heteroatoms. The van der Waals surface area contributed by atoms with Crippen molar-refractivity contribution >= 4 is 29.5 Å². The molecule has 7 nitrogen and oxygen atoms in total. The van der Waals surface area contributed by atoms with E-state index in [2.05, 4.69) is 20.1 Å². The smallest absolute Gasteiger partial charge is 0.310 e. The molecule has 208 valence electrons. The molecule has 2 bridgehead atoms. The molecule has 0 aromatic rings. The van der Waals surface area contributed by atoms with Crippen molar-refractivity contribution in [1.29, 1.82) is 0 Å².